The van der Waals surface area contributed by atoms with Crippen LogP contribution in [0.4, 0.5) is 5.82 Å². The summed E-state index contributed by atoms with van der Waals surface area (Å²) in [6, 6.07) is 12.6. The summed E-state index contributed by atoms with van der Waals surface area (Å²) in [5.74, 6) is 0.807. The molecule has 4 rings (SSSR count). The molecule has 0 aliphatic carbocycles. The summed E-state index contributed by atoms with van der Waals surface area (Å²) >= 11 is 5.89. The Labute approximate surface area is 181 Å². The summed E-state index contributed by atoms with van der Waals surface area (Å²) in [5, 5.41) is 22.4. The first kappa shape index (κ1) is 21.1. The van der Waals surface area contributed by atoms with Crippen molar-refractivity contribution in [3.05, 3.63) is 59.2 Å². The van der Waals surface area contributed by atoms with Gasteiger partial charge in [0.2, 0.25) is 0 Å². The summed E-state index contributed by atoms with van der Waals surface area (Å²) in [6.45, 7) is 4.15. The monoisotopic (exact) mass is 430 g/mol. The Morgan fingerprint density at radius 3 is 2.47 bits per heavy atom. The maximum atomic E-state index is 12.7. The van der Waals surface area contributed by atoms with E-state index in [4.69, 9.17) is 11.6 Å². The number of piperidine rings is 1. The Morgan fingerprint density at radius 1 is 1.10 bits per heavy atom. The second-order valence-electron chi connectivity index (χ2n) is 8.08. The van der Waals surface area contributed by atoms with E-state index in [1.165, 1.54) is 0 Å². The molecule has 2 atom stereocenters. The highest BCUT2D eigenvalue weighted by Crippen LogP contribution is 2.26. The first-order valence-corrected chi connectivity index (χ1v) is 10.7. The summed E-state index contributed by atoms with van der Waals surface area (Å²) in [6.07, 6.45) is 1.14. The number of halogens is 1. The summed E-state index contributed by atoms with van der Waals surface area (Å²) in [7, 11) is 0. The van der Waals surface area contributed by atoms with Gasteiger partial charge in [-0.25, -0.2) is 4.98 Å². The number of rotatable bonds is 4. The van der Waals surface area contributed by atoms with E-state index in [0.29, 0.717) is 30.1 Å². The molecule has 0 saturated carbocycles. The van der Waals surface area contributed by atoms with E-state index < -0.39 is 11.7 Å². The third-order valence-electron chi connectivity index (χ3n) is 6.05. The van der Waals surface area contributed by atoms with Gasteiger partial charge in [-0.3, -0.25) is 9.69 Å². The molecule has 0 spiro atoms. The fourth-order valence-corrected chi connectivity index (χ4v) is 4.30. The van der Waals surface area contributed by atoms with E-state index in [1.54, 1.807) is 35.4 Å². The van der Waals surface area contributed by atoms with Crippen LogP contribution in [-0.2, 0) is 0 Å². The number of aliphatic hydroxyl groups excluding tert-OH is 1. The first-order chi connectivity index (χ1) is 14.4. The van der Waals surface area contributed by atoms with Crippen LogP contribution >= 0.6 is 11.6 Å². The predicted octanol–water partition coefficient (Wildman–Crippen LogP) is 1.50. The van der Waals surface area contributed by atoms with Gasteiger partial charge in [-0.1, -0.05) is 17.7 Å². The minimum atomic E-state index is -1.22. The van der Waals surface area contributed by atoms with Crippen molar-refractivity contribution in [3.63, 3.8) is 0 Å². The maximum Gasteiger partial charge on any atom is 0.253 e. The maximum absolute atomic E-state index is 12.7. The number of benzene rings is 1. The first-order valence-electron chi connectivity index (χ1n) is 10.3. The second kappa shape index (κ2) is 8.89. The molecule has 160 valence electrons. The number of carbonyl (C=O) groups excluding carboxylic acids is 1. The van der Waals surface area contributed by atoms with Crippen molar-refractivity contribution in [2.45, 2.75) is 18.1 Å². The van der Waals surface area contributed by atoms with Gasteiger partial charge in [0.1, 0.15) is 17.5 Å². The van der Waals surface area contributed by atoms with E-state index >= 15 is 0 Å². The van der Waals surface area contributed by atoms with Crippen LogP contribution in [0.2, 0.25) is 5.02 Å². The third kappa shape index (κ3) is 4.59. The zero-order valence-corrected chi connectivity index (χ0v) is 17.6. The number of β-amino-alcohol motifs (C(OH)–C–C–N with tert-alkyl or cyclic N) is 2. The predicted molar refractivity (Wildman–Crippen MR) is 116 cm³/mol. The zero-order valence-electron chi connectivity index (χ0n) is 16.8. The molecule has 7 nitrogen and oxygen atoms in total. The van der Waals surface area contributed by atoms with Crippen molar-refractivity contribution in [1.82, 2.24) is 14.8 Å². The Balaban J connectivity index is 1.31. The highest BCUT2D eigenvalue weighted by Gasteiger charge is 2.43. The highest BCUT2D eigenvalue weighted by atomic mass is 35.5. The van der Waals surface area contributed by atoms with Gasteiger partial charge in [0, 0.05) is 62.6 Å². The van der Waals surface area contributed by atoms with Crippen LogP contribution in [0.5, 0.6) is 0 Å². The number of hydrogen-bond acceptors (Lipinski definition) is 6. The molecule has 0 unspecified atom stereocenters. The van der Waals surface area contributed by atoms with Crippen LogP contribution < -0.4 is 4.90 Å². The molecule has 8 heteroatoms. The molecular formula is C22H27ClN4O3. The third-order valence-corrected chi connectivity index (χ3v) is 6.30. The van der Waals surface area contributed by atoms with Gasteiger partial charge in [0.25, 0.3) is 5.91 Å². The number of amides is 1. The standard InChI is InChI=1S/C22H27ClN4O3/c23-18-6-4-17(5-7-18)21(29)27-10-8-22(30,19(28)15-27)16-25-11-13-26(14-12-25)20-3-1-2-9-24-20/h1-7,9,19,28,30H,8,10-16H2/t19-,22-/m0/s1. The lowest BCUT2D eigenvalue weighted by Gasteiger charge is -2.46. The van der Waals surface area contributed by atoms with Crippen LogP contribution in [0.1, 0.15) is 16.8 Å². The summed E-state index contributed by atoms with van der Waals surface area (Å²) in [5.41, 5.74) is -0.688. The van der Waals surface area contributed by atoms with Gasteiger partial charge in [-0.15, -0.1) is 0 Å². The summed E-state index contributed by atoms with van der Waals surface area (Å²) < 4.78 is 0. The van der Waals surface area contributed by atoms with Gasteiger partial charge in [0.15, 0.2) is 0 Å². The molecule has 1 aromatic carbocycles. The largest absolute Gasteiger partial charge is 0.388 e. The minimum Gasteiger partial charge on any atom is -0.388 e. The molecule has 30 heavy (non-hydrogen) atoms. The highest BCUT2D eigenvalue weighted by molar-refractivity contribution is 6.30. The van der Waals surface area contributed by atoms with Gasteiger partial charge >= 0.3 is 0 Å². The Morgan fingerprint density at radius 2 is 1.83 bits per heavy atom. The zero-order chi connectivity index (χ0) is 21.1. The smallest absolute Gasteiger partial charge is 0.253 e. The number of aliphatic hydroxyl groups is 2. The van der Waals surface area contributed by atoms with E-state index in [2.05, 4.69) is 14.8 Å². The normalized spacial score (nSPS) is 25.4. The molecule has 2 aliphatic rings. The molecule has 2 N–H and O–H groups in total. The number of hydrogen-bond donors (Lipinski definition) is 2. The number of likely N-dealkylation sites (tertiary alicyclic amines) is 1. The molecule has 2 aliphatic heterocycles. The lowest BCUT2D eigenvalue weighted by molar-refractivity contribution is -0.125. The average Bonchev–Trinajstić information content (AvgIpc) is 2.77. The molecule has 1 amide bonds. The van der Waals surface area contributed by atoms with Crippen molar-refractivity contribution in [2.24, 2.45) is 0 Å². The topological polar surface area (TPSA) is 80.1 Å². The van der Waals surface area contributed by atoms with Crippen LogP contribution in [0, 0.1) is 0 Å². The molecular weight excluding hydrogens is 404 g/mol. The van der Waals surface area contributed by atoms with Crippen LogP contribution in [0.25, 0.3) is 0 Å². The van der Waals surface area contributed by atoms with Crippen LogP contribution in [0.3, 0.4) is 0 Å². The van der Waals surface area contributed by atoms with Gasteiger partial charge < -0.3 is 20.0 Å². The molecule has 3 heterocycles. The Hall–Kier alpha value is -2.19. The van der Waals surface area contributed by atoms with Gasteiger partial charge in [-0.2, -0.15) is 0 Å². The minimum absolute atomic E-state index is 0.117. The van der Waals surface area contributed by atoms with Crippen LogP contribution in [-0.4, -0.2) is 88.4 Å². The molecule has 0 bridgehead atoms. The molecule has 1 aromatic heterocycles. The Bertz CT molecular complexity index is 858. The van der Waals surface area contributed by atoms with Gasteiger partial charge in [-0.05, 0) is 42.8 Å². The average molecular weight is 431 g/mol. The number of nitrogens with zero attached hydrogens (tertiary/aromatic N) is 4. The fourth-order valence-electron chi connectivity index (χ4n) is 4.17. The lowest BCUT2D eigenvalue weighted by atomic mass is 9.87. The number of anilines is 1. The van der Waals surface area contributed by atoms with Crippen molar-refractivity contribution >= 4 is 23.3 Å². The van der Waals surface area contributed by atoms with E-state index in [1.807, 2.05) is 18.2 Å². The van der Waals surface area contributed by atoms with Crippen molar-refractivity contribution < 1.29 is 15.0 Å². The summed E-state index contributed by atoms with van der Waals surface area (Å²) in [4.78, 5) is 23.1. The van der Waals surface area contributed by atoms with Crippen molar-refractivity contribution in [1.29, 1.82) is 0 Å². The number of piperazine rings is 1. The number of pyridine rings is 1. The molecule has 2 fully saturated rings. The van der Waals surface area contributed by atoms with Crippen LogP contribution in [0.15, 0.2) is 48.7 Å². The fraction of sp³-hybridized carbons (Fsp3) is 0.455. The Kier molecular flexibility index (Phi) is 6.24. The van der Waals surface area contributed by atoms with E-state index in [-0.39, 0.29) is 12.5 Å². The van der Waals surface area contributed by atoms with Gasteiger partial charge in [0.05, 0.1) is 0 Å². The quantitative estimate of drug-likeness (QED) is 0.765. The number of aromatic nitrogens is 1. The van der Waals surface area contributed by atoms with E-state index in [0.717, 1.165) is 32.0 Å². The lowest BCUT2D eigenvalue weighted by Crippen LogP contribution is -2.62. The SMILES string of the molecule is O=C(c1ccc(Cl)cc1)N1CC[C@](O)(CN2CCN(c3ccccn3)CC2)[C@@H](O)C1. The second-order valence-corrected chi connectivity index (χ2v) is 8.52. The number of carbonyl (C=O) groups is 1. The molecule has 0 radical (unpaired) electrons. The molecule has 2 saturated heterocycles. The van der Waals surface area contributed by atoms with E-state index in [9.17, 15) is 15.0 Å². The van der Waals surface area contributed by atoms with Crippen molar-refractivity contribution in [2.75, 3.05) is 50.7 Å². The molecule has 2 aromatic rings. The van der Waals surface area contributed by atoms with Crippen molar-refractivity contribution in [3.8, 4) is 0 Å².